The van der Waals surface area contributed by atoms with Crippen LogP contribution in [0, 0.1) is 0 Å². The van der Waals surface area contributed by atoms with Gasteiger partial charge in [-0.1, -0.05) is 13.0 Å². The largest absolute Gasteiger partial charge is 0.399 e. The molecule has 0 spiro atoms. The molecule has 0 bridgehead atoms. The minimum absolute atomic E-state index is 0.699. The molecule has 0 unspecified atom stereocenters. The van der Waals surface area contributed by atoms with E-state index in [4.69, 9.17) is 11.5 Å². The second-order valence-electron chi connectivity index (χ2n) is 3.30. The molecule has 3 heteroatoms. The summed E-state index contributed by atoms with van der Waals surface area (Å²) in [5, 5.41) is 0. The maximum atomic E-state index is 5.94. The van der Waals surface area contributed by atoms with Crippen molar-refractivity contribution in [3.63, 3.8) is 0 Å². The molecule has 0 aliphatic carbocycles. The first kappa shape index (κ1) is 11.3. The van der Waals surface area contributed by atoms with Crippen LogP contribution in [0.2, 0.25) is 0 Å². The molecule has 3 nitrogen and oxygen atoms in total. The summed E-state index contributed by atoms with van der Waals surface area (Å²) >= 11 is 0. The van der Waals surface area contributed by atoms with Gasteiger partial charge in [-0.25, -0.2) is 0 Å². The Kier molecular flexibility index (Phi) is 3.92. The molecule has 1 rings (SSSR count). The third-order valence-electron chi connectivity index (χ3n) is 2.23. The van der Waals surface area contributed by atoms with Gasteiger partial charge in [0.15, 0.2) is 0 Å². The lowest BCUT2D eigenvalue weighted by Crippen LogP contribution is -2.02. The van der Waals surface area contributed by atoms with Gasteiger partial charge in [0.25, 0.3) is 0 Å². The van der Waals surface area contributed by atoms with Gasteiger partial charge in [-0.3, -0.25) is 4.99 Å². The van der Waals surface area contributed by atoms with Gasteiger partial charge in [-0.15, -0.1) is 0 Å². The Bertz CT molecular complexity index is 392. The van der Waals surface area contributed by atoms with Crippen LogP contribution in [0.5, 0.6) is 0 Å². The van der Waals surface area contributed by atoms with E-state index in [0.29, 0.717) is 5.70 Å². The van der Waals surface area contributed by atoms with Gasteiger partial charge in [0.2, 0.25) is 0 Å². The van der Waals surface area contributed by atoms with Gasteiger partial charge in [0.1, 0.15) is 0 Å². The average Bonchev–Trinajstić information content (AvgIpc) is 2.25. The number of aryl methyl sites for hydroxylation is 1. The Balaban J connectivity index is 3.16. The van der Waals surface area contributed by atoms with Crippen LogP contribution >= 0.6 is 0 Å². The second-order valence-corrected chi connectivity index (χ2v) is 3.30. The zero-order valence-electron chi connectivity index (χ0n) is 9.20. The van der Waals surface area contributed by atoms with Gasteiger partial charge in [0.05, 0.1) is 0 Å². The molecular formula is C12H17N3. The number of benzene rings is 1. The predicted octanol–water partition coefficient (Wildman–Crippen LogP) is 1.83. The molecule has 0 amide bonds. The predicted molar refractivity (Wildman–Crippen MR) is 66.8 cm³/mol. The van der Waals surface area contributed by atoms with E-state index in [9.17, 15) is 0 Å². The van der Waals surface area contributed by atoms with Gasteiger partial charge >= 0.3 is 0 Å². The van der Waals surface area contributed by atoms with Crippen LogP contribution in [0.4, 0.5) is 5.69 Å². The number of nitrogens with zero attached hydrogens (tertiary/aromatic N) is 1. The summed E-state index contributed by atoms with van der Waals surface area (Å²) in [5.74, 6) is 0. The fourth-order valence-corrected chi connectivity index (χ4v) is 1.42. The zero-order chi connectivity index (χ0) is 11.3. The van der Waals surface area contributed by atoms with Crippen LogP contribution < -0.4 is 11.5 Å². The minimum Gasteiger partial charge on any atom is -0.399 e. The van der Waals surface area contributed by atoms with E-state index in [1.165, 1.54) is 5.56 Å². The Hall–Kier alpha value is -1.77. The maximum absolute atomic E-state index is 5.94. The van der Waals surface area contributed by atoms with Crippen molar-refractivity contribution in [1.29, 1.82) is 0 Å². The first-order valence-electron chi connectivity index (χ1n) is 4.95. The fourth-order valence-electron chi connectivity index (χ4n) is 1.42. The minimum atomic E-state index is 0.699. The van der Waals surface area contributed by atoms with Crippen molar-refractivity contribution < 1.29 is 0 Å². The third kappa shape index (κ3) is 2.84. The highest BCUT2D eigenvalue weighted by Gasteiger charge is 2.03. The summed E-state index contributed by atoms with van der Waals surface area (Å²) in [5.41, 5.74) is 15.3. The van der Waals surface area contributed by atoms with Crippen molar-refractivity contribution in [2.45, 2.75) is 13.3 Å². The fraction of sp³-hybridized carbons (Fsp3) is 0.250. The summed E-state index contributed by atoms with van der Waals surface area (Å²) in [7, 11) is 1.71. The molecule has 15 heavy (non-hydrogen) atoms. The number of rotatable bonds is 3. The van der Waals surface area contributed by atoms with Crippen molar-refractivity contribution >= 4 is 17.6 Å². The summed E-state index contributed by atoms with van der Waals surface area (Å²) < 4.78 is 0. The van der Waals surface area contributed by atoms with Crippen molar-refractivity contribution in [2.75, 3.05) is 12.8 Å². The summed E-state index contributed by atoms with van der Waals surface area (Å²) in [6.45, 7) is 2.09. The molecule has 1 aromatic carbocycles. The van der Waals surface area contributed by atoms with Crippen LogP contribution in [0.3, 0.4) is 0 Å². The van der Waals surface area contributed by atoms with Gasteiger partial charge < -0.3 is 11.5 Å². The van der Waals surface area contributed by atoms with Crippen LogP contribution in [0.25, 0.3) is 5.70 Å². The van der Waals surface area contributed by atoms with Crippen molar-refractivity contribution in [2.24, 2.45) is 10.7 Å². The standard InChI is InChI=1S/C12H17N3/c1-3-9-4-5-10(13)8-11(9)12(14)6-7-15-2/h4-8H,3,13-14H2,1-2H3/b12-6-,15-7?. The molecule has 0 radical (unpaired) electrons. The molecule has 0 aliphatic heterocycles. The highest BCUT2D eigenvalue weighted by Crippen LogP contribution is 2.19. The molecule has 1 aromatic rings. The van der Waals surface area contributed by atoms with Gasteiger partial charge in [-0.05, 0) is 30.2 Å². The third-order valence-corrected chi connectivity index (χ3v) is 2.23. The SMILES string of the molecule is CCc1ccc(N)cc1/C(N)=C/C=NC. The Morgan fingerprint density at radius 3 is 2.80 bits per heavy atom. The molecule has 0 saturated heterocycles. The van der Waals surface area contributed by atoms with E-state index in [0.717, 1.165) is 17.7 Å². The number of hydrogen-bond donors (Lipinski definition) is 2. The highest BCUT2D eigenvalue weighted by atomic mass is 14.6. The van der Waals surface area contributed by atoms with Gasteiger partial charge in [-0.2, -0.15) is 0 Å². The first-order chi connectivity index (χ1) is 7.19. The van der Waals surface area contributed by atoms with Crippen LogP contribution in [0.1, 0.15) is 18.1 Å². The van der Waals surface area contributed by atoms with Crippen molar-refractivity contribution in [3.05, 3.63) is 35.4 Å². The Morgan fingerprint density at radius 1 is 1.47 bits per heavy atom. The molecule has 0 atom stereocenters. The highest BCUT2D eigenvalue weighted by molar-refractivity contribution is 5.84. The Morgan fingerprint density at radius 2 is 2.20 bits per heavy atom. The number of hydrogen-bond acceptors (Lipinski definition) is 3. The zero-order valence-corrected chi connectivity index (χ0v) is 9.20. The summed E-state index contributed by atoms with van der Waals surface area (Å²) in [6.07, 6.45) is 4.40. The number of allylic oxidation sites excluding steroid dienone is 1. The average molecular weight is 203 g/mol. The van der Waals surface area contributed by atoms with E-state index >= 15 is 0 Å². The maximum Gasteiger partial charge on any atom is 0.0406 e. The molecule has 0 heterocycles. The van der Waals surface area contributed by atoms with Crippen LogP contribution in [-0.4, -0.2) is 13.3 Å². The van der Waals surface area contributed by atoms with E-state index in [1.54, 1.807) is 19.3 Å². The molecule has 80 valence electrons. The molecule has 4 N–H and O–H groups in total. The molecule has 0 aliphatic rings. The molecular weight excluding hydrogens is 186 g/mol. The lowest BCUT2D eigenvalue weighted by atomic mass is 10.0. The van der Waals surface area contributed by atoms with E-state index < -0.39 is 0 Å². The molecule has 0 fully saturated rings. The monoisotopic (exact) mass is 203 g/mol. The summed E-state index contributed by atoms with van der Waals surface area (Å²) in [6, 6.07) is 5.80. The number of anilines is 1. The topological polar surface area (TPSA) is 64.4 Å². The van der Waals surface area contributed by atoms with Crippen molar-refractivity contribution in [3.8, 4) is 0 Å². The summed E-state index contributed by atoms with van der Waals surface area (Å²) in [4.78, 5) is 3.87. The van der Waals surface area contributed by atoms with E-state index in [-0.39, 0.29) is 0 Å². The van der Waals surface area contributed by atoms with Crippen molar-refractivity contribution in [1.82, 2.24) is 0 Å². The van der Waals surface area contributed by atoms with Crippen LogP contribution in [0.15, 0.2) is 29.3 Å². The Labute approximate surface area is 90.5 Å². The number of nitrogens with two attached hydrogens (primary N) is 2. The lowest BCUT2D eigenvalue weighted by Gasteiger charge is -2.08. The number of nitrogen functional groups attached to an aromatic ring is 1. The smallest absolute Gasteiger partial charge is 0.0406 e. The van der Waals surface area contributed by atoms with Crippen LogP contribution in [-0.2, 0) is 6.42 Å². The van der Waals surface area contributed by atoms with Gasteiger partial charge in [0, 0.05) is 30.2 Å². The first-order valence-corrected chi connectivity index (χ1v) is 4.95. The lowest BCUT2D eigenvalue weighted by molar-refractivity contribution is 1.13. The molecule has 0 aromatic heterocycles. The molecule has 0 saturated carbocycles. The number of aliphatic imine (C=N–C) groups is 1. The normalized spacial score (nSPS) is 12.3. The van der Waals surface area contributed by atoms with E-state index in [2.05, 4.69) is 11.9 Å². The second kappa shape index (κ2) is 5.20. The van der Waals surface area contributed by atoms with E-state index in [1.807, 2.05) is 18.2 Å². The quantitative estimate of drug-likeness (QED) is 0.581.